The monoisotopic (exact) mass is 297 g/mol. The van der Waals surface area contributed by atoms with Crippen molar-refractivity contribution in [3.8, 4) is 5.75 Å². The predicted octanol–water partition coefficient (Wildman–Crippen LogP) is 2.34. The Labute approximate surface area is 124 Å². The van der Waals surface area contributed by atoms with Crippen LogP contribution in [0.25, 0.3) is 0 Å². The number of hydrogen-bond acceptors (Lipinski definition) is 3. The molecular weight excluding hydrogens is 278 g/mol. The van der Waals surface area contributed by atoms with Gasteiger partial charge in [-0.15, -0.1) is 0 Å². The van der Waals surface area contributed by atoms with Crippen molar-refractivity contribution < 1.29 is 14.6 Å². The first-order valence-corrected chi connectivity index (χ1v) is 7.13. The first kappa shape index (κ1) is 15.1. The fourth-order valence-corrected chi connectivity index (χ4v) is 2.29. The van der Waals surface area contributed by atoms with Gasteiger partial charge < -0.3 is 14.7 Å². The van der Waals surface area contributed by atoms with Crippen LogP contribution in [0.2, 0.25) is 5.02 Å². The van der Waals surface area contributed by atoms with Gasteiger partial charge in [-0.1, -0.05) is 25.4 Å². The van der Waals surface area contributed by atoms with E-state index in [9.17, 15) is 9.90 Å². The van der Waals surface area contributed by atoms with Crippen molar-refractivity contribution in [1.82, 2.24) is 4.90 Å². The zero-order valence-electron chi connectivity index (χ0n) is 12.0. The number of likely N-dealkylation sites (tertiary alicyclic amines) is 1. The molecule has 1 aromatic rings. The fourth-order valence-electron chi connectivity index (χ4n) is 2.16. The molecule has 0 aliphatic carbocycles. The normalized spacial score (nSPS) is 18.6. The lowest BCUT2D eigenvalue weighted by Crippen LogP contribution is -2.67. The molecule has 1 aromatic carbocycles. The number of halogens is 1. The van der Waals surface area contributed by atoms with Gasteiger partial charge in [0, 0.05) is 5.02 Å². The molecule has 0 bridgehead atoms. The third-order valence-corrected chi connectivity index (χ3v) is 4.04. The van der Waals surface area contributed by atoms with Crippen LogP contribution in [-0.2, 0) is 4.79 Å². The number of carbonyl (C=O) groups is 1. The van der Waals surface area contributed by atoms with Crippen molar-refractivity contribution >= 4 is 17.5 Å². The predicted molar refractivity (Wildman–Crippen MR) is 77.9 cm³/mol. The van der Waals surface area contributed by atoms with E-state index in [4.69, 9.17) is 16.3 Å². The summed E-state index contributed by atoms with van der Waals surface area (Å²) < 4.78 is 5.59. The van der Waals surface area contributed by atoms with Crippen molar-refractivity contribution in [2.24, 2.45) is 5.92 Å². The average Bonchev–Trinajstić information content (AvgIpc) is 2.36. The second-order valence-corrected chi connectivity index (χ2v) is 6.10. The van der Waals surface area contributed by atoms with Crippen molar-refractivity contribution in [2.45, 2.75) is 32.5 Å². The van der Waals surface area contributed by atoms with E-state index >= 15 is 0 Å². The number of carbonyl (C=O) groups excluding carboxylic acids is 1. The topological polar surface area (TPSA) is 49.8 Å². The Hall–Kier alpha value is -1.26. The Morgan fingerprint density at radius 3 is 2.35 bits per heavy atom. The van der Waals surface area contributed by atoms with Crippen molar-refractivity contribution in [3.63, 3.8) is 0 Å². The zero-order chi connectivity index (χ0) is 14.9. The lowest BCUT2D eigenvalue weighted by atomic mass is 9.83. The summed E-state index contributed by atoms with van der Waals surface area (Å²) >= 11 is 5.80. The highest BCUT2D eigenvalue weighted by molar-refractivity contribution is 6.30. The molecule has 1 saturated heterocycles. The Bertz CT molecular complexity index is 480. The van der Waals surface area contributed by atoms with Gasteiger partial charge in [-0.3, -0.25) is 4.79 Å². The first-order chi connectivity index (χ1) is 9.32. The van der Waals surface area contributed by atoms with E-state index in [0.29, 0.717) is 23.9 Å². The van der Waals surface area contributed by atoms with E-state index in [1.807, 2.05) is 13.8 Å². The number of aliphatic hydroxyl groups is 1. The average molecular weight is 298 g/mol. The second-order valence-electron chi connectivity index (χ2n) is 5.67. The minimum atomic E-state index is -0.754. The number of ether oxygens (including phenoxy) is 1. The summed E-state index contributed by atoms with van der Waals surface area (Å²) in [6.45, 7) is 6.37. The molecule has 1 aliphatic rings. The van der Waals surface area contributed by atoms with Gasteiger partial charge in [0.15, 0.2) is 6.10 Å². The fraction of sp³-hybridized carbons (Fsp3) is 0.533. The van der Waals surface area contributed by atoms with Gasteiger partial charge in [0.1, 0.15) is 11.4 Å². The summed E-state index contributed by atoms with van der Waals surface area (Å²) in [5, 5.41) is 10.8. The first-order valence-electron chi connectivity index (χ1n) is 6.75. The van der Waals surface area contributed by atoms with Gasteiger partial charge in [0.2, 0.25) is 0 Å². The molecular formula is C15H20ClNO3. The van der Waals surface area contributed by atoms with Crippen LogP contribution in [-0.4, -0.2) is 40.7 Å². The number of benzene rings is 1. The number of nitrogens with zero attached hydrogens (tertiary/aromatic N) is 1. The number of rotatable bonds is 4. The molecule has 0 radical (unpaired) electrons. The molecule has 2 rings (SSSR count). The third kappa shape index (κ3) is 3.07. The minimum Gasteiger partial charge on any atom is -0.481 e. The summed E-state index contributed by atoms with van der Waals surface area (Å²) in [5.74, 6) is 0.638. The molecule has 1 amide bonds. The maximum Gasteiger partial charge on any atom is 0.263 e. The van der Waals surface area contributed by atoms with E-state index in [1.165, 1.54) is 0 Å². The van der Waals surface area contributed by atoms with Crippen LogP contribution in [0.3, 0.4) is 0 Å². The van der Waals surface area contributed by atoms with Crippen LogP contribution < -0.4 is 4.74 Å². The van der Waals surface area contributed by atoms with Gasteiger partial charge >= 0.3 is 0 Å². The van der Waals surface area contributed by atoms with Crippen LogP contribution >= 0.6 is 11.6 Å². The Kier molecular flexibility index (Phi) is 4.25. The Balaban J connectivity index is 1.89. The molecule has 5 heteroatoms. The second kappa shape index (κ2) is 5.62. The van der Waals surface area contributed by atoms with E-state index < -0.39 is 11.7 Å². The lowest BCUT2D eigenvalue weighted by molar-refractivity contribution is -0.169. The zero-order valence-corrected chi connectivity index (χ0v) is 12.7. The Morgan fingerprint density at radius 1 is 1.30 bits per heavy atom. The molecule has 1 unspecified atom stereocenters. The van der Waals surface area contributed by atoms with Crippen LogP contribution in [0, 0.1) is 5.92 Å². The van der Waals surface area contributed by atoms with E-state index in [2.05, 4.69) is 0 Å². The standard InChI is InChI=1S/C15H20ClNO3/c1-10(2)15(19)8-17(9-15)14(18)11(3)20-13-6-4-12(16)5-7-13/h4-7,10-11,19H,8-9H2,1-3H3. The van der Waals surface area contributed by atoms with Crippen LogP contribution in [0.15, 0.2) is 24.3 Å². The Morgan fingerprint density at radius 2 is 1.85 bits per heavy atom. The molecule has 0 aromatic heterocycles. The molecule has 1 aliphatic heterocycles. The van der Waals surface area contributed by atoms with Crippen molar-refractivity contribution in [3.05, 3.63) is 29.3 Å². The molecule has 4 nitrogen and oxygen atoms in total. The molecule has 1 heterocycles. The van der Waals surface area contributed by atoms with E-state index in [1.54, 1.807) is 36.1 Å². The quantitative estimate of drug-likeness (QED) is 0.928. The summed E-state index contributed by atoms with van der Waals surface area (Å²) in [6, 6.07) is 6.89. The van der Waals surface area contributed by atoms with Gasteiger partial charge in [0.05, 0.1) is 13.1 Å². The van der Waals surface area contributed by atoms with Gasteiger partial charge in [-0.25, -0.2) is 0 Å². The van der Waals surface area contributed by atoms with Gasteiger partial charge in [-0.05, 0) is 37.1 Å². The molecule has 0 spiro atoms. The molecule has 0 saturated carbocycles. The largest absolute Gasteiger partial charge is 0.481 e. The highest BCUT2D eigenvalue weighted by Gasteiger charge is 2.46. The maximum absolute atomic E-state index is 12.2. The van der Waals surface area contributed by atoms with E-state index in [0.717, 1.165) is 0 Å². The van der Waals surface area contributed by atoms with Crippen LogP contribution in [0.4, 0.5) is 0 Å². The smallest absolute Gasteiger partial charge is 0.263 e. The molecule has 1 N–H and O–H groups in total. The third-order valence-electron chi connectivity index (χ3n) is 3.79. The van der Waals surface area contributed by atoms with E-state index in [-0.39, 0.29) is 11.8 Å². The number of amides is 1. The van der Waals surface area contributed by atoms with Crippen LogP contribution in [0.5, 0.6) is 5.75 Å². The van der Waals surface area contributed by atoms with Crippen molar-refractivity contribution in [1.29, 1.82) is 0 Å². The maximum atomic E-state index is 12.2. The summed E-state index contributed by atoms with van der Waals surface area (Å²) in [5.41, 5.74) is -0.754. The SMILES string of the molecule is CC(Oc1ccc(Cl)cc1)C(=O)N1CC(O)(C(C)C)C1. The molecule has 20 heavy (non-hydrogen) atoms. The summed E-state index contributed by atoms with van der Waals surface area (Å²) in [7, 11) is 0. The number of hydrogen-bond donors (Lipinski definition) is 1. The molecule has 1 atom stereocenters. The molecule has 1 fully saturated rings. The summed E-state index contributed by atoms with van der Waals surface area (Å²) in [4.78, 5) is 13.8. The minimum absolute atomic E-state index is 0.106. The highest BCUT2D eigenvalue weighted by atomic mass is 35.5. The number of β-amino-alcohol motifs (C(OH)–C–C–N with tert-alkyl or cyclic N) is 1. The van der Waals surface area contributed by atoms with Gasteiger partial charge in [0.25, 0.3) is 5.91 Å². The molecule has 110 valence electrons. The highest BCUT2D eigenvalue weighted by Crippen LogP contribution is 2.29. The van der Waals surface area contributed by atoms with Crippen molar-refractivity contribution in [2.75, 3.05) is 13.1 Å². The van der Waals surface area contributed by atoms with Crippen LogP contribution in [0.1, 0.15) is 20.8 Å². The lowest BCUT2D eigenvalue weighted by Gasteiger charge is -2.49. The summed E-state index contributed by atoms with van der Waals surface area (Å²) in [6.07, 6.45) is -0.576. The van der Waals surface area contributed by atoms with Gasteiger partial charge in [-0.2, -0.15) is 0 Å².